The molecule has 0 radical (unpaired) electrons. The van der Waals surface area contributed by atoms with Gasteiger partial charge >= 0.3 is 0 Å². The van der Waals surface area contributed by atoms with Crippen LogP contribution in [0, 0.1) is 11.6 Å². The number of hydrogen-bond acceptors (Lipinski definition) is 3. The van der Waals surface area contributed by atoms with Crippen LogP contribution < -0.4 is 0 Å². The van der Waals surface area contributed by atoms with Crippen molar-refractivity contribution < 1.29 is 13.6 Å². The summed E-state index contributed by atoms with van der Waals surface area (Å²) >= 11 is 8.05. The van der Waals surface area contributed by atoms with Crippen molar-refractivity contribution in [3.05, 3.63) is 70.2 Å². The van der Waals surface area contributed by atoms with Gasteiger partial charge in [-0.25, -0.2) is 8.78 Å². The maximum Gasteiger partial charge on any atom is 0.237 e. The molecule has 2 aromatic carbocycles. The normalized spacial score (nSPS) is 16.6. The Balaban J connectivity index is 1.72. The van der Waals surface area contributed by atoms with Crippen LogP contribution >= 0.6 is 23.4 Å². The number of amides is 1. The highest BCUT2D eigenvalue weighted by atomic mass is 35.5. The predicted octanol–water partition coefficient (Wildman–Crippen LogP) is 5.49. The molecule has 1 heterocycles. The van der Waals surface area contributed by atoms with Gasteiger partial charge in [0.2, 0.25) is 5.91 Å². The van der Waals surface area contributed by atoms with E-state index in [9.17, 15) is 13.6 Å². The average molecular weight is 439 g/mol. The molecule has 0 aromatic heterocycles. The van der Waals surface area contributed by atoms with E-state index in [0.717, 1.165) is 30.2 Å². The Bertz CT molecular complexity index is 831. The van der Waals surface area contributed by atoms with Crippen LogP contribution in [0.3, 0.4) is 0 Å². The summed E-state index contributed by atoms with van der Waals surface area (Å²) in [6.07, 6.45) is 1.89. The molecule has 0 spiro atoms. The summed E-state index contributed by atoms with van der Waals surface area (Å²) in [7, 11) is 0. The van der Waals surface area contributed by atoms with Crippen LogP contribution in [0.4, 0.5) is 8.78 Å². The van der Waals surface area contributed by atoms with Gasteiger partial charge in [-0.3, -0.25) is 9.69 Å². The van der Waals surface area contributed by atoms with Crippen molar-refractivity contribution in [3.63, 3.8) is 0 Å². The van der Waals surface area contributed by atoms with Gasteiger partial charge in [-0.05, 0) is 36.7 Å². The fourth-order valence-electron chi connectivity index (χ4n) is 3.50. The minimum Gasteiger partial charge on any atom is -0.325 e. The smallest absolute Gasteiger partial charge is 0.237 e. The summed E-state index contributed by atoms with van der Waals surface area (Å²) in [5.41, 5.74) is 1.47. The van der Waals surface area contributed by atoms with E-state index in [4.69, 9.17) is 11.6 Å². The summed E-state index contributed by atoms with van der Waals surface area (Å²) in [6.45, 7) is 3.97. The average Bonchev–Trinajstić information content (AvgIpc) is 3.15. The first-order chi connectivity index (χ1) is 14.0. The highest BCUT2D eigenvalue weighted by Gasteiger charge is 2.32. The quantitative estimate of drug-likeness (QED) is 0.544. The Morgan fingerprint density at radius 1 is 1.24 bits per heavy atom. The lowest BCUT2D eigenvalue weighted by molar-refractivity contribution is -0.132. The molecular weight excluding hydrogens is 414 g/mol. The molecule has 2 aromatic rings. The Labute approximate surface area is 180 Å². The lowest BCUT2D eigenvalue weighted by atomic mass is 10.1. The van der Waals surface area contributed by atoms with Gasteiger partial charge in [0, 0.05) is 35.5 Å². The Morgan fingerprint density at radius 2 is 1.97 bits per heavy atom. The molecule has 0 bridgehead atoms. The van der Waals surface area contributed by atoms with Crippen molar-refractivity contribution in [1.82, 2.24) is 9.80 Å². The minimum atomic E-state index is -0.600. The van der Waals surface area contributed by atoms with E-state index in [2.05, 4.69) is 6.92 Å². The SMILES string of the molecule is CCCCN(CC(=O)N1CCS[C@@H]1c1ccccc1Cl)Cc1cc(F)cc(F)c1. The molecule has 1 aliphatic rings. The Kier molecular flexibility index (Phi) is 7.92. The molecule has 29 heavy (non-hydrogen) atoms. The van der Waals surface area contributed by atoms with Crippen molar-refractivity contribution in [2.45, 2.75) is 31.7 Å². The second-order valence-electron chi connectivity index (χ2n) is 7.17. The first-order valence-corrected chi connectivity index (χ1v) is 11.2. The number of benzene rings is 2. The van der Waals surface area contributed by atoms with E-state index >= 15 is 0 Å². The summed E-state index contributed by atoms with van der Waals surface area (Å²) in [4.78, 5) is 16.9. The number of thioether (sulfide) groups is 1. The summed E-state index contributed by atoms with van der Waals surface area (Å²) in [5, 5.41) is 0.554. The van der Waals surface area contributed by atoms with Crippen LogP contribution in [0.15, 0.2) is 42.5 Å². The van der Waals surface area contributed by atoms with E-state index < -0.39 is 11.6 Å². The first-order valence-electron chi connectivity index (χ1n) is 9.80. The minimum absolute atomic E-state index is 0.00731. The number of nitrogens with zero attached hydrogens (tertiary/aromatic N) is 2. The third kappa shape index (κ3) is 5.93. The molecule has 7 heteroatoms. The zero-order valence-electron chi connectivity index (χ0n) is 16.4. The lowest BCUT2D eigenvalue weighted by Gasteiger charge is -2.29. The van der Waals surface area contributed by atoms with Crippen molar-refractivity contribution in [1.29, 1.82) is 0 Å². The van der Waals surface area contributed by atoms with Crippen molar-refractivity contribution in [2.75, 3.05) is 25.4 Å². The molecule has 0 aliphatic carbocycles. The van der Waals surface area contributed by atoms with Gasteiger partial charge in [0.25, 0.3) is 0 Å². The first kappa shape index (κ1) is 22.1. The van der Waals surface area contributed by atoms with Crippen molar-refractivity contribution >= 4 is 29.3 Å². The van der Waals surface area contributed by atoms with E-state index in [1.807, 2.05) is 34.1 Å². The number of hydrogen-bond donors (Lipinski definition) is 0. The summed E-state index contributed by atoms with van der Waals surface area (Å²) in [6, 6.07) is 11.1. The van der Waals surface area contributed by atoms with E-state index in [1.165, 1.54) is 12.1 Å². The molecule has 1 fully saturated rings. The van der Waals surface area contributed by atoms with Gasteiger partial charge in [-0.2, -0.15) is 0 Å². The topological polar surface area (TPSA) is 23.6 Å². The van der Waals surface area contributed by atoms with Gasteiger partial charge < -0.3 is 4.90 Å². The standard InChI is InChI=1S/C22H25ClF2N2OS/c1-2-3-8-26(14-16-11-17(24)13-18(25)12-16)15-21(28)27-9-10-29-22(27)19-6-4-5-7-20(19)23/h4-7,11-13,22H,2-3,8-10,14-15H2,1H3/t22-/m1/s1. The van der Waals surface area contributed by atoms with E-state index in [0.29, 0.717) is 30.2 Å². The van der Waals surface area contributed by atoms with Crippen LogP contribution in [0.25, 0.3) is 0 Å². The lowest BCUT2D eigenvalue weighted by Crippen LogP contribution is -2.40. The highest BCUT2D eigenvalue weighted by molar-refractivity contribution is 7.99. The molecule has 0 saturated carbocycles. The largest absolute Gasteiger partial charge is 0.325 e. The summed E-state index contributed by atoms with van der Waals surface area (Å²) < 4.78 is 27.1. The van der Waals surface area contributed by atoms with Gasteiger partial charge in [0.1, 0.15) is 17.0 Å². The molecule has 0 N–H and O–H groups in total. The second kappa shape index (κ2) is 10.4. The van der Waals surface area contributed by atoms with Crippen molar-refractivity contribution in [3.8, 4) is 0 Å². The Hall–Kier alpha value is -1.63. The highest BCUT2D eigenvalue weighted by Crippen LogP contribution is 2.40. The second-order valence-corrected chi connectivity index (χ2v) is 8.77. The van der Waals surface area contributed by atoms with Gasteiger partial charge in [-0.1, -0.05) is 43.1 Å². The van der Waals surface area contributed by atoms with Gasteiger partial charge in [0.15, 0.2) is 0 Å². The molecular formula is C22H25ClF2N2OS. The van der Waals surface area contributed by atoms with Crippen LogP contribution in [0.5, 0.6) is 0 Å². The molecule has 1 aliphatic heterocycles. The van der Waals surface area contributed by atoms with Gasteiger partial charge in [-0.15, -0.1) is 11.8 Å². The van der Waals surface area contributed by atoms with Crippen LogP contribution in [0.2, 0.25) is 5.02 Å². The van der Waals surface area contributed by atoms with Crippen LogP contribution in [-0.2, 0) is 11.3 Å². The predicted molar refractivity (Wildman–Crippen MR) is 115 cm³/mol. The maximum atomic E-state index is 13.6. The Morgan fingerprint density at radius 3 is 2.66 bits per heavy atom. The van der Waals surface area contributed by atoms with E-state index in [1.54, 1.807) is 11.8 Å². The number of unbranched alkanes of at least 4 members (excludes halogenated alkanes) is 1. The molecule has 1 amide bonds. The fraction of sp³-hybridized carbons (Fsp3) is 0.409. The van der Waals surface area contributed by atoms with Gasteiger partial charge in [0.05, 0.1) is 6.54 Å². The number of carbonyl (C=O) groups is 1. The van der Waals surface area contributed by atoms with E-state index in [-0.39, 0.29) is 17.8 Å². The number of carbonyl (C=O) groups excluding carboxylic acids is 1. The fourth-order valence-corrected chi connectivity index (χ4v) is 5.11. The molecule has 1 saturated heterocycles. The molecule has 156 valence electrons. The number of halogens is 3. The molecule has 3 rings (SSSR count). The zero-order valence-corrected chi connectivity index (χ0v) is 18.0. The van der Waals surface area contributed by atoms with Crippen molar-refractivity contribution in [2.24, 2.45) is 0 Å². The maximum absolute atomic E-state index is 13.6. The number of rotatable bonds is 8. The molecule has 3 nitrogen and oxygen atoms in total. The third-order valence-electron chi connectivity index (χ3n) is 4.90. The third-order valence-corrected chi connectivity index (χ3v) is 6.48. The summed E-state index contributed by atoms with van der Waals surface area (Å²) in [5.74, 6) is -0.341. The zero-order chi connectivity index (χ0) is 20.8. The van der Waals surface area contributed by atoms with Crippen LogP contribution in [0.1, 0.15) is 36.3 Å². The van der Waals surface area contributed by atoms with Crippen LogP contribution in [-0.4, -0.2) is 41.1 Å². The molecule has 0 unspecified atom stereocenters. The monoisotopic (exact) mass is 438 g/mol. The molecule has 1 atom stereocenters.